The number of methoxy groups -OCH3 is 1. The lowest BCUT2D eigenvalue weighted by Gasteiger charge is -2.03. The first-order valence-electron chi connectivity index (χ1n) is 5.14. The van der Waals surface area contributed by atoms with Crippen LogP contribution in [0.15, 0.2) is 18.2 Å². The third-order valence-corrected chi connectivity index (χ3v) is 2.76. The lowest BCUT2D eigenvalue weighted by Crippen LogP contribution is -2.13. The number of carbonyl (C=O) groups is 2. The van der Waals surface area contributed by atoms with Crippen LogP contribution in [0.25, 0.3) is 0 Å². The van der Waals surface area contributed by atoms with Crippen LogP contribution >= 0.6 is 11.8 Å². The molecule has 0 saturated carbocycles. The molecule has 0 atom stereocenters. The van der Waals surface area contributed by atoms with Crippen LogP contribution in [0, 0.1) is 11.8 Å². The molecule has 1 aromatic rings. The molecule has 0 spiro atoms. The molecule has 18 heavy (non-hydrogen) atoms. The van der Waals surface area contributed by atoms with Crippen molar-refractivity contribution in [3.8, 4) is 17.6 Å². The Morgan fingerprint density at radius 1 is 1.44 bits per heavy atom. The zero-order chi connectivity index (χ0) is 13.5. The first kappa shape index (κ1) is 14.1. The van der Waals surface area contributed by atoms with Gasteiger partial charge in [0.05, 0.1) is 18.4 Å². The van der Waals surface area contributed by atoms with Gasteiger partial charge in [0.25, 0.3) is 0 Å². The highest BCUT2D eigenvalue weighted by Crippen LogP contribution is 2.16. The summed E-state index contributed by atoms with van der Waals surface area (Å²) in [5.41, 5.74) is 6.12. The molecule has 0 saturated heterocycles. The number of benzene rings is 1. The number of thioether (sulfide) groups is 1. The third-order valence-electron chi connectivity index (χ3n) is 2.06. The highest BCUT2D eigenvalue weighted by molar-refractivity contribution is 8.13. The maximum atomic E-state index is 11.3. The molecule has 0 unspecified atom stereocenters. The Morgan fingerprint density at radius 3 is 2.72 bits per heavy atom. The Balaban J connectivity index is 2.94. The van der Waals surface area contributed by atoms with Gasteiger partial charge in [-0.2, -0.15) is 0 Å². The van der Waals surface area contributed by atoms with E-state index in [1.165, 1.54) is 14.0 Å². The van der Waals surface area contributed by atoms with Gasteiger partial charge in [-0.1, -0.05) is 23.6 Å². The average Bonchev–Trinajstić information content (AvgIpc) is 2.34. The van der Waals surface area contributed by atoms with E-state index in [2.05, 4.69) is 11.8 Å². The predicted molar refractivity (Wildman–Crippen MR) is 71.5 cm³/mol. The number of amides is 1. The standard InChI is InChI=1S/C13H13NO3S/c1-9(15)18-7-3-4-10-5-6-11(17-2)8-12(10)13(14)16/h5-6,8H,7H2,1-2H3,(H2,14,16). The molecule has 0 radical (unpaired) electrons. The largest absolute Gasteiger partial charge is 0.497 e. The fraction of sp³-hybridized carbons (Fsp3) is 0.231. The van der Waals surface area contributed by atoms with Crippen LogP contribution in [0.3, 0.4) is 0 Å². The number of primary amides is 1. The maximum Gasteiger partial charge on any atom is 0.250 e. The summed E-state index contributed by atoms with van der Waals surface area (Å²) in [6, 6.07) is 4.92. The number of ether oxygens (including phenoxy) is 1. The van der Waals surface area contributed by atoms with Gasteiger partial charge in [-0.15, -0.1) is 0 Å². The minimum absolute atomic E-state index is 0.00848. The van der Waals surface area contributed by atoms with Crippen LogP contribution in [-0.2, 0) is 4.79 Å². The second kappa shape index (κ2) is 6.72. The summed E-state index contributed by atoms with van der Waals surface area (Å²) in [4.78, 5) is 22.0. The van der Waals surface area contributed by atoms with Crippen molar-refractivity contribution < 1.29 is 14.3 Å². The second-order valence-electron chi connectivity index (χ2n) is 3.36. The van der Waals surface area contributed by atoms with Crippen LogP contribution < -0.4 is 10.5 Å². The summed E-state index contributed by atoms with van der Waals surface area (Å²) in [7, 11) is 1.51. The van der Waals surface area contributed by atoms with Gasteiger partial charge >= 0.3 is 0 Å². The van der Waals surface area contributed by atoms with E-state index < -0.39 is 5.91 Å². The van der Waals surface area contributed by atoms with Crippen molar-refractivity contribution in [3.05, 3.63) is 29.3 Å². The number of rotatable bonds is 3. The summed E-state index contributed by atoms with van der Waals surface area (Å²) >= 11 is 1.12. The van der Waals surface area contributed by atoms with Crippen LogP contribution in [0.1, 0.15) is 22.8 Å². The molecular weight excluding hydrogens is 250 g/mol. The van der Waals surface area contributed by atoms with E-state index in [-0.39, 0.29) is 5.12 Å². The van der Waals surface area contributed by atoms with Gasteiger partial charge < -0.3 is 10.5 Å². The zero-order valence-corrected chi connectivity index (χ0v) is 11.0. The van der Waals surface area contributed by atoms with Crippen molar-refractivity contribution >= 4 is 22.8 Å². The normalized spacial score (nSPS) is 9.22. The molecule has 2 N–H and O–H groups in total. The van der Waals surface area contributed by atoms with Crippen molar-refractivity contribution in [2.24, 2.45) is 5.73 Å². The van der Waals surface area contributed by atoms with E-state index in [1.54, 1.807) is 18.2 Å². The van der Waals surface area contributed by atoms with Gasteiger partial charge in [-0.05, 0) is 18.2 Å². The number of hydrogen-bond acceptors (Lipinski definition) is 4. The van der Waals surface area contributed by atoms with Gasteiger partial charge in [-0.25, -0.2) is 0 Å². The minimum atomic E-state index is -0.558. The number of carbonyl (C=O) groups excluding carboxylic acids is 2. The SMILES string of the molecule is COc1ccc(C#CCSC(C)=O)c(C(N)=O)c1. The Labute approximate surface area is 110 Å². The highest BCUT2D eigenvalue weighted by atomic mass is 32.2. The molecule has 94 valence electrons. The minimum Gasteiger partial charge on any atom is -0.497 e. The lowest BCUT2D eigenvalue weighted by atomic mass is 10.1. The Hall–Kier alpha value is -1.93. The predicted octanol–water partition coefficient (Wildman–Crippen LogP) is 1.43. The van der Waals surface area contributed by atoms with E-state index in [4.69, 9.17) is 10.5 Å². The van der Waals surface area contributed by atoms with E-state index in [9.17, 15) is 9.59 Å². The van der Waals surface area contributed by atoms with Crippen LogP contribution in [-0.4, -0.2) is 23.9 Å². The van der Waals surface area contributed by atoms with Crippen molar-refractivity contribution in [2.75, 3.05) is 12.9 Å². The van der Waals surface area contributed by atoms with E-state index in [0.29, 0.717) is 22.6 Å². The van der Waals surface area contributed by atoms with Crippen molar-refractivity contribution in [2.45, 2.75) is 6.92 Å². The van der Waals surface area contributed by atoms with Crippen LogP contribution in [0.2, 0.25) is 0 Å². The molecule has 0 aliphatic carbocycles. The molecule has 0 aliphatic heterocycles. The van der Waals surface area contributed by atoms with Gasteiger partial charge in [0.1, 0.15) is 5.75 Å². The second-order valence-corrected chi connectivity index (χ2v) is 4.51. The fourth-order valence-corrected chi connectivity index (χ4v) is 1.58. The average molecular weight is 263 g/mol. The molecule has 0 heterocycles. The first-order valence-corrected chi connectivity index (χ1v) is 6.13. The summed E-state index contributed by atoms with van der Waals surface area (Å²) < 4.78 is 5.01. The summed E-state index contributed by atoms with van der Waals surface area (Å²) in [5, 5.41) is 0.00848. The third kappa shape index (κ3) is 4.15. The molecule has 0 fully saturated rings. The zero-order valence-electron chi connectivity index (χ0n) is 10.1. The Kier molecular flexibility index (Phi) is 5.28. The summed E-state index contributed by atoms with van der Waals surface area (Å²) in [5.74, 6) is 6.01. The Morgan fingerprint density at radius 2 is 2.17 bits per heavy atom. The van der Waals surface area contributed by atoms with Gasteiger partial charge in [-0.3, -0.25) is 9.59 Å². The molecule has 1 aromatic carbocycles. The number of nitrogens with two attached hydrogens (primary N) is 1. The van der Waals surface area contributed by atoms with Crippen molar-refractivity contribution in [1.82, 2.24) is 0 Å². The van der Waals surface area contributed by atoms with E-state index in [0.717, 1.165) is 11.8 Å². The molecule has 5 heteroatoms. The van der Waals surface area contributed by atoms with Gasteiger partial charge in [0.2, 0.25) is 5.91 Å². The molecule has 1 amide bonds. The number of hydrogen-bond donors (Lipinski definition) is 1. The van der Waals surface area contributed by atoms with Crippen LogP contribution in [0.4, 0.5) is 0 Å². The monoisotopic (exact) mass is 263 g/mol. The quantitative estimate of drug-likeness (QED) is 0.837. The topological polar surface area (TPSA) is 69.4 Å². The molecule has 0 aromatic heterocycles. The molecule has 1 rings (SSSR count). The molecular formula is C13H13NO3S. The van der Waals surface area contributed by atoms with Gasteiger partial charge in [0.15, 0.2) is 5.12 Å². The summed E-state index contributed by atoms with van der Waals surface area (Å²) in [6.45, 7) is 1.48. The van der Waals surface area contributed by atoms with E-state index >= 15 is 0 Å². The van der Waals surface area contributed by atoms with Crippen LogP contribution in [0.5, 0.6) is 5.75 Å². The molecule has 0 aliphatic rings. The molecule has 4 nitrogen and oxygen atoms in total. The fourth-order valence-electron chi connectivity index (χ4n) is 1.23. The summed E-state index contributed by atoms with van der Waals surface area (Å²) in [6.07, 6.45) is 0. The lowest BCUT2D eigenvalue weighted by molar-refractivity contribution is -0.109. The van der Waals surface area contributed by atoms with E-state index in [1.807, 2.05) is 0 Å². The first-order chi connectivity index (χ1) is 8.54. The Bertz CT molecular complexity index is 529. The van der Waals surface area contributed by atoms with Crippen molar-refractivity contribution in [1.29, 1.82) is 0 Å². The maximum absolute atomic E-state index is 11.3. The highest BCUT2D eigenvalue weighted by Gasteiger charge is 2.07. The smallest absolute Gasteiger partial charge is 0.250 e. The van der Waals surface area contributed by atoms with Gasteiger partial charge in [0, 0.05) is 12.5 Å². The van der Waals surface area contributed by atoms with Crippen molar-refractivity contribution in [3.63, 3.8) is 0 Å². The molecule has 0 bridgehead atoms.